The van der Waals surface area contributed by atoms with E-state index in [0.717, 1.165) is 16.0 Å². The van der Waals surface area contributed by atoms with Gasteiger partial charge in [-0.3, -0.25) is 5.41 Å². The van der Waals surface area contributed by atoms with E-state index in [0.29, 0.717) is 32.5 Å². The van der Waals surface area contributed by atoms with Crippen molar-refractivity contribution in [3.63, 3.8) is 0 Å². The van der Waals surface area contributed by atoms with E-state index in [2.05, 4.69) is 16.7 Å². The summed E-state index contributed by atoms with van der Waals surface area (Å²) in [7, 11) is -4.49. The normalized spacial score (nSPS) is 16.2. The van der Waals surface area contributed by atoms with Crippen LogP contribution >= 0.6 is 23.1 Å². The molecule has 0 saturated heterocycles. The Kier molecular flexibility index (Phi) is 10.5. The summed E-state index contributed by atoms with van der Waals surface area (Å²) in [5.41, 5.74) is 8.13. The van der Waals surface area contributed by atoms with E-state index in [1.54, 1.807) is 17.8 Å². The van der Waals surface area contributed by atoms with E-state index in [9.17, 15) is 17.4 Å². The number of hydrogen-bond donors (Lipinski definition) is 4. The summed E-state index contributed by atoms with van der Waals surface area (Å²) in [6, 6.07) is 8.91. The Morgan fingerprint density at radius 3 is 2.68 bits per heavy atom. The van der Waals surface area contributed by atoms with Gasteiger partial charge in [-0.05, 0) is 54.0 Å². The number of rotatable bonds is 11. The van der Waals surface area contributed by atoms with Crippen molar-refractivity contribution < 1.29 is 17.4 Å². The first-order valence-corrected chi connectivity index (χ1v) is 17.2. The van der Waals surface area contributed by atoms with Gasteiger partial charge in [0.25, 0.3) is 0 Å². The van der Waals surface area contributed by atoms with Crippen LogP contribution < -0.4 is 16.4 Å². The predicted molar refractivity (Wildman–Crippen MR) is 159 cm³/mol. The molecule has 0 saturated carbocycles. The summed E-state index contributed by atoms with van der Waals surface area (Å²) < 4.78 is 36.0. The Labute approximate surface area is 234 Å². The molecule has 1 aliphatic rings. The van der Waals surface area contributed by atoms with Crippen LogP contribution in [0.2, 0.25) is 0 Å². The Morgan fingerprint density at radius 2 is 2.00 bits per heavy atom. The van der Waals surface area contributed by atoms with Crippen molar-refractivity contribution in [2.45, 2.75) is 28.9 Å². The average molecular weight is 593 g/mol. The SMILES string of the molecule is CSCc1sc(C(=N)N)cc1S(=O)c1cccc(C2=CC(C)C=C(NC(=O)NCCCS(C)(=O)=O)C=C2)c1. The number of hydrogen-bond acceptors (Lipinski definition) is 7. The third kappa shape index (κ3) is 8.69. The number of sulfone groups is 1. The number of urea groups is 1. The average Bonchev–Trinajstić information content (AvgIpc) is 3.18. The molecule has 0 radical (unpaired) electrons. The molecule has 0 fully saturated rings. The predicted octanol–water partition coefficient (Wildman–Crippen LogP) is 4.27. The van der Waals surface area contributed by atoms with Crippen molar-refractivity contribution in [2.75, 3.05) is 24.8 Å². The van der Waals surface area contributed by atoms with Crippen molar-refractivity contribution in [3.8, 4) is 0 Å². The van der Waals surface area contributed by atoms with E-state index in [1.165, 1.54) is 17.6 Å². The number of benzene rings is 1. The number of carbonyl (C=O) groups is 1. The molecule has 12 heteroatoms. The Bertz CT molecular complexity index is 1420. The van der Waals surface area contributed by atoms with Gasteiger partial charge < -0.3 is 16.4 Å². The highest BCUT2D eigenvalue weighted by Gasteiger charge is 2.18. The second kappa shape index (κ2) is 13.4. The molecule has 8 nitrogen and oxygen atoms in total. The summed E-state index contributed by atoms with van der Waals surface area (Å²) in [6.07, 6.45) is 11.2. The van der Waals surface area contributed by atoms with Crippen molar-refractivity contribution in [1.29, 1.82) is 5.41 Å². The van der Waals surface area contributed by atoms with Crippen molar-refractivity contribution in [2.24, 2.45) is 11.7 Å². The van der Waals surface area contributed by atoms with Crippen molar-refractivity contribution in [3.05, 3.63) is 75.7 Å². The minimum atomic E-state index is -3.06. The fourth-order valence-electron chi connectivity index (χ4n) is 3.74. The largest absolute Gasteiger partial charge is 0.383 e. The zero-order valence-electron chi connectivity index (χ0n) is 21.4. The molecule has 5 N–H and O–H groups in total. The van der Waals surface area contributed by atoms with Gasteiger partial charge in [0.1, 0.15) is 15.7 Å². The molecule has 204 valence electrons. The first kappa shape index (κ1) is 29.9. The van der Waals surface area contributed by atoms with Crippen LogP contribution in [-0.4, -0.2) is 49.3 Å². The fraction of sp³-hybridized carbons (Fsp3) is 0.308. The smallest absolute Gasteiger partial charge is 0.319 e. The maximum absolute atomic E-state index is 13.5. The van der Waals surface area contributed by atoms with E-state index >= 15 is 0 Å². The van der Waals surface area contributed by atoms with E-state index in [-0.39, 0.29) is 24.1 Å². The topological polar surface area (TPSA) is 142 Å². The minimum absolute atomic E-state index is 0.0119. The van der Waals surface area contributed by atoms with Crippen molar-refractivity contribution >= 4 is 61.2 Å². The summed E-state index contributed by atoms with van der Waals surface area (Å²) in [4.78, 5) is 15.2. The number of thioether (sulfide) groups is 1. The number of nitrogens with two attached hydrogens (primary N) is 1. The van der Waals surface area contributed by atoms with Gasteiger partial charge >= 0.3 is 6.03 Å². The monoisotopic (exact) mass is 592 g/mol. The van der Waals surface area contributed by atoms with Crippen LogP contribution in [-0.2, 0) is 26.4 Å². The molecule has 2 atom stereocenters. The van der Waals surface area contributed by atoms with Gasteiger partial charge in [-0.15, -0.1) is 11.3 Å². The quantitative estimate of drug-likeness (QED) is 0.174. The second-order valence-electron chi connectivity index (χ2n) is 8.84. The molecular weight excluding hydrogens is 561 g/mol. The molecule has 38 heavy (non-hydrogen) atoms. The molecule has 0 spiro atoms. The van der Waals surface area contributed by atoms with Crippen LogP contribution in [0.5, 0.6) is 0 Å². The third-order valence-corrected chi connectivity index (χ3v) is 9.99. The minimum Gasteiger partial charge on any atom is -0.383 e. The lowest BCUT2D eigenvalue weighted by Gasteiger charge is -2.08. The molecule has 1 aromatic carbocycles. The number of thiophene rings is 1. The van der Waals surface area contributed by atoms with Gasteiger partial charge in [0.15, 0.2) is 0 Å². The lowest BCUT2D eigenvalue weighted by Crippen LogP contribution is -2.35. The number of nitrogen functional groups attached to an aromatic ring is 1. The number of allylic oxidation sites excluding steroid dienone is 5. The van der Waals surface area contributed by atoms with Gasteiger partial charge in [0, 0.05) is 34.0 Å². The van der Waals surface area contributed by atoms with E-state index in [1.807, 2.05) is 55.7 Å². The number of nitrogens with one attached hydrogen (secondary N) is 3. The standard InChI is InChI=1S/C26H32N4O4S4/c1-17-12-19(8-9-20(13-17)30-26(31)29-10-5-11-38(3,33)34)18-6-4-7-21(14-18)37(32)24-15-22(25(27)28)36-23(24)16-35-2/h4,6-9,12-15,17H,5,10-11,16H2,1-3H3,(H3,27,28)(H2,29,30,31). The molecule has 0 aliphatic heterocycles. The van der Waals surface area contributed by atoms with Gasteiger partial charge in [-0.2, -0.15) is 11.8 Å². The summed E-state index contributed by atoms with van der Waals surface area (Å²) in [6.45, 7) is 2.26. The van der Waals surface area contributed by atoms with Crippen LogP contribution in [0.15, 0.2) is 70.1 Å². The number of amides is 2. The fourth-order valence-corrected chi connectivity index (χ4v) is 7.84. The number of amidine groups is 1. The maximum atomic E-state index is 13.5. The molecule has 2 aromatic rings. The van der Waals surface area contributed by atoms with Gasteiger partial charge in [0.2, 0.25) is 0 Å². The van der Waals surface area contributed by atoms with Crippen LogP contribution in [0.25, 0.3) is 5.57 Å². The van der Waals surface area contributed by atoms with Crippen molar-refractivity contribution in [1.82, 2.24) is 10.6 Å². The summed E-state index contributed by atoms with van der Waals surface area (Å²) in [5.74, 6) is 0.693. The van der Waals surface area contributed by atoms with E-state index < -0.39 is 26.7 Å². The molecule has 2 unspecified atom stereocenters. The molecule has 1 aliphatic carbocycles. The first-order chi connectivity index (χ1) is 18.0. The molecule has 1 heterocycles. The molecule has 3 rings (SSSR count). The van der Waals surface area contributed by atoms with E-state index in [4.69, 9.17) is 11.1 Å². The molecule has 0 bridgehead atoms. The van der Waals surface area contributed by atoms with Gasteiger partial charge in [0.05, 0.1) is 26.3 Å². The second-order valence-corrected chi connectivity index (χ2v) is 14.6. The zero-order chi connectivity index (χ0) is 27.9. The zero-order valence-corrected chi connectivity index (χ0v) is 24.7. The van der Waals surface area contributed by atoms with Gasteiger partial charge in [-0.1, -0.05) is 37.3 Å². The molecule has 1 aromatic heterocycles. The highest BCUT2D eigenvalue weighted by molar-refractivity contribution is 7.98. The Hall–Kier alpha value is -2.67. The van der Waals surface area contributed by atoms with Crippen LogP contribution in [0.3, 0.4) is 0 Å². The van der Waals surface area contributed by atoms with Crippen LogP contribution in [0, 0.1) is 11.3 Å². The lowest BCUT2D eigenvalue weighted by atomic mass is 10.0. The highest BCUT2D eigenvalue weighted by atomic mass is 32.2. The third-order valence-electron chi connectivity index (χ3n) is 5.45. The van der Waals surface area contributed by atoms with Crippen LogP contribution in [0.4, 0.5) is 4.79 Å². The summed E-state index contributed by atoms with van der Waals surface area (Å²) in [5, 5.41) is 13.2. The number of carbonyl (C=O) groups excluding carboxylic acids is 1. The Balaban J connectivity index is 1.73. The molecular formula is C26H32N4O4S4. The highest BCUT2D eigenvalue weighted by Crippen LogP contribution is 2.32. The van der Waals surface area contributed by atoms with Crippen LogP contribution in [0.1, 0.15) is 28.7 Å². The Morgan fingerprint density at radius 1 is 1.24 bits per heavy atom. The maximum Gasteiger partial charge on any atom is 0.319 e. The van der Waals surface area contributed by atoms with Gasteiger partial charge in [-0.25, -0.2) is 17.4 Å². The first-order valence-electron chi connectivity index (χ1n) is 11.8. The molecule has 2 amide bonds. The lowest BCUT2D eigenvalue weighted by molar-refractivity contribution is 0.243. The summed E-state index contributed by atoms with van der Waals surface area (Å²) >= 11 is 3.03.